The third-order valence-corrected chi connectivity index (χ3v) is 3.06. The van der Waals surface area contributed by atoms with Crippen LogP contribution in [-0.4, -0.2) is 9.97 Å². The summed E-state index contributed by atoms with van der Waals surface area (Å²) in [6.45, 7) is 0. The minimum atomic E-state index is -0.260. The van der Waals surface area contributed by atoms with Crippen LogP contribution >= 0.6 is 0 Å². The summed E-state index contributed by atoms with van der Waals surface area (Å²) in [5.74, 6) is -0.260. The number of pyridine rings is 1. The van der Waals surface area contributed by atoms with Crippen molar-refractivity contribution in [2.75, 3.05) is 0 Å². The van der Waals surface area contributed by atoms with Crippen LogP contribution in [0.4, 0.5) is 0 Å². The van der Waals surface area contributed by atoms with Crippen LogP contribution in [0.2, 0.25) is 0 Å². The Kier molecular flexibility index (Phi) is 2.54. The molecule has 3 heteroatoms. The lowest BCUT2D eigenvalue weighted by atomic mass is 9.93. The van der Waals surface area contributed by atoms with Crippen LogP contribution in [0.1, 0.15) is 17.0 Å². The number of rotatable bonds is 2. The molecule has 86 valence electrons. The van der Waals surface area contributed by atoms with Crippen LogP contribution in [0.25, 0.3) is 11.0 Å². The molecular weight excluding hydrogens is 222 g/mol. The van der Waals surface area contributed by atoms with Gasteiger partial charge in [-0.2, -0.15) is 5.26 Å². The number of hydrogen-bond donors (Lipinski definition) is 1. The molecule has 0 aliphatic carbocycles. The maximum absolute atomic E-state index is 9.43. The lowest BCUT2D eigenvalue weighted by Gasteiger charge is -2.07. The van der Waals surface area contributed by atoms with E-state index in [4.69, 9.17) is 0 Å². The zero-order valence-corrected chi connectivity index (χ0v) is 9.67. The molecule has 0 amide bonds. The first-order valence-electron chi connectivity index (χ1n) is 5.76. The molecule has 0 spiro atoms. The Morgan fingerprint density at radius 1 is 1.11 bits per heavy atom. The summed E-state index contributed by atoms with van der Waals surface area (Å²) in [6, 6.07) is 16.0. The number of aromatic nitrogens is 2. The van der Waals surface area contributed by atoms with Gasteiger partial charge in [0.2, 0.25) is 0 Å². The van der Waals surface area contributed by atoms with Gasteiger partial charge in [-0.1, -0.05) is 30.3 Å². The second-order valence-corrected chi connectivity index (χ2v) is 4.12. The molecule has 1 N–H and O–H groups in total. The smallest absolute Gasteiger partial charge is 0.137 e. The molecule has 1 unspecified atom stereocenters. The van der Waals surface area contributed by atoms with E-state index < -0.39 is 0 Å². The van der Waals surface area contributed by atoms with E-state index >= 15 is 0 Å². The summed E-state index contributed by atoms with van der Waals surface area (Å²) in [5, 5.41) is 10.4. The van der Waals surface area contributed by atoms with E-state index in [1.807, 2.05) is 48.7 Å². The minimum Gasteiger partial charge on any atom is -0.346 e. The lowest BCUT2D eigenvalue weighted by Crippen LogP contribution is -1.96. The van der Waals surface area contributed by atoms with Gasteiger partial charge in [-0.3, -0.25) is 0 Å². The van der Waals surface area contributed by atoms with Crippen molar-refractivity contribution in [1.82, 2.24) is 9.97 Å². The summed E-state index contributed by atoms with van der Waals surface area (Å²) < 4.78 is 0. The third-order valence-electron chi connectivity index (χ3n) is 3.06. The molecule has 1 atom stereocenters. The van der Waals surface area contributed by atoms with Gasteiger partial charge in [-0.25, -0.2) is 4.98 Å². The molecule has 0 bridgehead atoms. The van der Waals surface area contributed by atoms with Gasteiger partial charge in [0, 0.05) is 23.3 Å². The Morgan fingerprint density at radius 3 is 2.72 bits per heavy atom. The van der Waals surface area contributed by atoms with E-state index in [0.717, 1.165) is 22.2 Å². The number of nitriles is 1. The molecule has 2 aromatic heterocycles. The van der Waals surface area contributed by atoms with Gasteiger partial charge in [-0.05, 0) is 17.7 Å². The predicted octanol–water partition coefficient (Wildman–Crippen LogP) is 3.22. The predicted molar refractivity (Wildman–Crippen MR) is 70.0 cm³/mol. The highest BCUT2D eigenvalue weighted by Crippen LogP contribution is 2.29. The van der Waals surface area contributed by atoms with Gasteiger partial charge >= 0.3 is 0 Å². The number of nitrogens with zero attached hydrogens (tertiary/aromatic N) is 2. The first kappa shape index (κ1) is 10.5. The highest BCUT2D eigenvalue weighted by atomic mass is 14.8. The van der Waals surface area contributed by atoms with Crippen molar-refractivity contribution in [1.29, 1.82) is 5.26 Å². The first-order valence-corrected chi connectivity index (χ1v) is 5.76. The molecular formula is C15H11N3. The molecule has 0 aliphatic rings. The number of nitrogens with one attached hydrogen (secondary N) is 1. The Bertz CT molecular complexity index is 707. The monoisotopic (exact) mass is 233 g/mol. The van der Waals surface area contributed by atoms with Crippen LogP contribution in [0.5, 0.6) is 0 Å². The topological polar surface area (TPSA) is 52.5 Å². The lowest BCUT2D eigenvalue weighted by molar-refractivity contribution is 1.05. The molecule has 0 radical (unpaired) electrons. The second kappa shape index (κ2) is 4.34. The Balaban J connectivity index is 2.16. The van der Waals surface area contributed by atoms with E-state index in [1.54, 1.807) is 6.20 Å². The summed E-state index contributed by atoms with van der Waals surface area (Å²) >= 11 is 0. The van der Waals surface area contributed by atoms with Gasteiger partial charge in [-0.15, -0.1) is 0 Å². The number of H-pyrrole nitrogens is 1. The van der Waals surface area contributed by atoms with Crippen molar-refractivity contribution in [2.45, 2.75) is 5.92 Å². The van der Waals surface area contributed by atoms with Crippen molar-refractivity contribution in [3.05, 3.63) is 66.0 Å². The van der Waals surface area contributed by atoms with Crippen LogP contribution < -0.4 is 0 Å². The molecule has 3 rings (SSSR count). The van der Waals surface area contributed by atoms with E-state index in [1.165, 1.54) is 0 Å². The second-order valence-electron chi connectivity index (χ2n) is 4.12. The van der Waals surface area contributed by atoms with E-state index in [2.05, 4.69) is 16.0 Å². The maximum atomic E-state index is 9.43. The first-order chi connectivity index (χ1) is 8.90. The summed E-state index contributed by atoms with van der Waals surface area (Å²) in [7, 11) is 0. The fourth-order valence-corrected chi connectivity index (χ4v) is 2.19. The number of benzene rings is 1. The Labute approximate surface area is 105 Å². The molecule has 0 fully saturated rings. The van der Waals surface area contributed by atoms with Crippen LogP contribution in [0.3, 0.4) is 0 Å². The molecule has 2 heterocycles. The molecule has 0 aliphatic heterocycles. The van der Waals surface area contributed by atoms with Crippen molar-refractivity contribution in [2.24, 2.45) is 0 Å². The van der Waals surface area contributed by atoms with Crippen LogP contribution in [-0.2, 0) is 0 Å². The van der Waals surface area contributed by atoms with Crippen molar-refractivity contribution >= 4 is 11.0 Å². The van der Waals surface area contributed by atoms with Gasteiger partial charge in [0.1, 0.15) is 5.65 Å². The maximum Gasteiger partial charge on any atom is 0.137 e. The third kappa shape index (κ3) is 1.64. The zero-order valence-electron chi connectivity index (χ0n) is 9.67. The van der Waals surface area contributed by atoms with Gasteiger partial charge < -0.3 is 4.98 Å². The summed E-state index contributed by atoms with van der Waals surface area (Å²) in [5.41, 5.74) is 2.81. The average molecular weight is 233 g/mol. The molecule has 3 aromatic rings. The number of aromatic amines is 1. The van der Waals surface area contributed by atoms with Gasteiger partial charge in [0.25, 0.3) is 0 Å². The highest BCUT2D eigenvalue weighted by molar-refractivity contribution is 5.81. The van der Waals surface area contributed by atoms with Crippen molar-refractivity contribution in [3.8, 4) is 6.07 Å². The fourth-order valence-electron chi connectivity index (χ4n) is 2.19. The normalized spacial score (nSPS) is 12.2. The summed E-state index contributed by atoms with van der Waals surface area (Å²) in [4.78, 5) is 7.36. The van der Waals surface area contributed by atoms with E-state index in [0.29, 0.717) is 0 Å². The summed E-state index contributed by atoms with van der Waals surface area (Å²) in [6.07, 6.45) is 3.62. The Morgan fingerprint density at radius 2 is 1.94 bits per heavy atom. The van der Waals surface area contributed by atoms with Gasteiger partial charge in [0.05, 0.1) is 12.0 Å². The highest BCUT2D eigenvalue weighted by Gasteiger charge is 2.17. The number of fused-ring (bicyclic) bond motifs is 1. The average Bonchev–Trinajstić information content (AvgIpc) is 2.85. The largest absolute Gasteiger partial charge is 0.346 e. The van der Waals surface area contributed by atoms with Crippen LogP contribution in [0, 0.1) is 11.3 Å². The molecule has 18 heavy (non-hydrogen) atoms. The standard InChI is InChI=1S/C15H11N3/c16-9-13(11-5-2-1-3-6-11)14-10-18-15-12(14)7-4-8-17-15/h1-8,10,13H,(H,17,18). The van der Waals surface area contributed by atoms with Crippen molar-refractivity contribution < 1.29 is 0 Å². The minimum absolute atomic E-state index is 0.260. The molecule has 0 saturated carbocycles. The number of hydrogen-bond acceptors (Lipinski definition) is 2. The molecule has 3 nitrogen and oxygen atoms in total. The molecule has 0 saturated heterocycles. The van der Waals surface area contributed by atoms with Crippen molar-refractivity contribution in [3.63, 3.8) is 0 Å². The van der Waals surface area contributed by atoms with Gasteiger partial charge in [0.15, 0.2) is 0 Å². The molecule has 1 aromatic carbocycles. The zero-order chi connectivity index (χ0) is 12.4. The van der Waals surface area contributed by atoms with Crippen LogP contribution in [0.15, 0.2) is 54.9 Å². The SMILES string of the molecule is N#CC(c1ccccc1)c1c[nH]c2ncccc12. The Hall–Kier alpha value is -2.60. The quantitative estimate of drug-likeness (QED) is 0.738. The van der Waals surface area contributed by atoms with E-state index in [9.17, 15) is 5.26 Å². The fraction of sp³-hybridized carbons (Fsp3) is 0.0667. The van der Waals surface area contributed by atoms with E-state index in [-0.39, 0.29) is 5.92 Å².